The fourth-order valence-corrected chi connectivity index (χ4v) is 7.21. The van der Waals surface area contributed by atoms with Crippen LogP contribution in [-0.2, 0) is 0 Å². The van der Waals surface area contributed by atoms with Gasteiger partial charge in [-0.05, 0) is 77.4 Å². The highest BCUT2D eigenvalue weighted by atomic mass is 14.8. The van der Waals surface area contributed by atoms with Crippen molar-refractivity contribution in [2.45, 2.75) is 0 Å². The normalized spacial score (nSPS) is 11.5. The number of para-hydroxylation sites is 1. The molecule has 0 amide bonds. The zero-order valence-corrected chi connectivity index (χ0v) is 27.8. The molecule has 6 aromatic heterocycles. The minimum Gasteiger partial charge on any atom is -0.256 e. The largest absolute Gasteiger partial charge is 0.256 e. The Morgan fingerprint density at radius 3 is 1.77 bits per heavy atom. The van der Waals surface area contributed by atoms with Gasteiger partial charge in [-0.25, -0.2) is 15.0 Å². The summed E-state index contributed by atoms with van der Waals surface area (Å²) < 4.78 is 0. The van der Waals surface area contributed by atoms with Crippen LogP contribution in [0.15, 0.2) is 170 Å². The molecule has 0 saturated heterocycles. The molecule has 0 fully saturated rings. The molecule has 0 unspecified atom stereocenters. The van der Waals surface area contributed by atoms with Crippen LogP contribution in [0, 0.1) is 0 Å². The lowest BCUT2D eigenvalue weighted by molar-refractivity contribution is 1.22. The molecule has 0 atom stereocenters. The summed E-state index contributed by atoms with van der Waals surface area (Å²) in [7, 11) is 0. The van der Waals surface area contributed by atoms with Crippen molar-refractivity contribution in [1.29, 1.82) is 0 Å². The highest BCUT2D eigenvalue weighted by molar-refractivity contribution is 6.16. The van der Waals surface area contributed by atoms with E-state index in [-0.39, 0.29) is 0 Å². The maximum absolute atomic E-state index is 5.35. The van der Waals surface area contributed by atoms with Gasteiger partial charge in [-0.3, -0.25) is 15.0 Å². The van der Waals surface area contributed by atoms with Crippen LogP contribution in [0.4, 0.5) is 0 Å². The summed E-state index contributed by atoms with van der Waals surface area (Å²) in [5, 5.41) is 4.25. The number of pyridine rings is 6. The molecule has 6 heterocycles. The maximum atomic E-state index is 5.35. The van der Waals surface area contributed by atoms with Crippen molar-refractivity contribution in [2.24, 2.45) is 0 Å². The third kappa shape index (κ3) is 5.05. The first-order valence-electron chi connectivity index (χ1n) is 17.2. The van der Waals surface area contributed by atoms with E-state index >= 15 is 0 Å². The number of nitrogens with zero attached hydrogens (tertiary/aromatic N) is 6. The van der Waals surface area contributed by atoms with Crippen molar-refractivity contribution in [1.82, 2.24) is 29.9 Å². The summed E-state index contributed by atoms with van der Waals surface area (Å²) in [6, 6.07) is 51.8. The highest BCUT2D eigenvalue weighted by Crippen LogP contribution is 2.40. The fourth-order valence-electron chi connectivity index (χ4n) is 7.21. The Labute approximate surface area is 299 Å². The van der Waals surface area contributed by atoms with Gasteiger partial charge in [0.1, 0.15) is 0 Å². The summed E-state index contributed by atoms with van der Waals surface area (Å²) in [6.07, 6.45) is 5.42. The first-order chi connectivity index (χ1) is 25.8. The van der Waals surface area contributed by atoms with E-state index in [0.717, 1.165) is 94.3 Å². The molecule has 0 spiro atoms. The Kier molecular flexibility index (Phi) is 7.03. The number of aromatic nitrogens is 6. The first-order valence-corrected chi connectivity index (χ1v) is 17.2. The van der Waals surface area contributed by atoms with Crippen molar-refractivity contribution in [3.05, 3.63) is 170 Å². The number of fused-ring (bicyclic) bond motifs is 5. The van der Waals surface area contributed by atoms with E-state index in [1.807, 2.05) is 54.7 Å². The molecule has 6 heteroatoms. The van der Waals surface area contributed by atoms with Crippen LogP contribution in [0.5, 0.6) is 0 Å². The van der Waals surface area contributed by atoms with Crippen molar-refractivity contribution in [3.63, 3.8) is 0 Å². The van der Waals surface area contributed by atoms with Gasteiger partial charge < -0.3 is 0 Å². The average Bonchev–Trinajstić information content (AvgIpc) is 3.23. The van der Waals surface area contributed by atoms with Crippen molar-refractivity contribution in [2.75, 3.05) is 0 Å². The van der Waals surface area contributed by atoms with Crippen LogP contribution in [0.2, 0.25) is 0 Å². The van der Waals surface area contributed by atoms with E-state index in [4.69, 9.17) is 19.9 Å². The minimum absolute atomic E-state index is 0.776. The molecule has 0 saturated carbocycles. The molecule has 0 aliphatic carbocycles. The molecule has 242 valence electrons. The quantitative estimate of drug-likeness (QED) is 0.135. The van der Waals surface area contributed by atoms with Crippen LogP contribution in [0.25, 0.3) is 99.9 Å². The lowest BCUT2D eigenvalue weighted by atomic mass is 9.94. The Bertz CT molecular complexity index is 2890. The molecule has 52 heavy (non-hydrogen) atoms. The number of hydrogen-bond donors (Lipinski definition) is 0. The van der Waals surface area contributed by atoms with E-state index in [9.17, 15) is 0 Å². The lowest BCUT2D eigenvalue weighted by Crippen LogP contribution is -1.96. The van der Waals surface area contributed by atoms with E-state index in [2.05, 4.69) is 113 Å². The van der Waals surface area contributed by atoms with Crippen LogP contribution in [0.1, 0.15) is 0 Å². The summed E-state index contributed by atoms with van der Waals surface area (Å²) in [5.41, 5.74) is 12.8. The van der Waals surface area contributed by atoms with Gasteiger partial charge in [-0.2, -0.15) is 0 Å². The lowest BCUT2D eigenvalue weighted by Gasteiger charge is -2.15. The summed E-state index contributed by atoms with van der Waals surface area (Å²) in [5.74, 6) is 0. The van der Waals surface area contributed by atoms with Gasteiger partial charge in [0, 0.05) is 51.3 Å². The smallest absolute Gasteiger partial charge is 0.0978 e. The van der Waals surface area contributed by atoms with E-state index in [1.54, 1.807) is 12.4 Å². The van der Waals surface area contributed by atoms with Crippen molar-refractivity contribution >= 4 is 43.6 Å². The first kappa shape index (κ1) is 29.7. The SMILES string of the molecule is c1ccc(-c2c3ccccc3nc3c2ccc2ccc(-c4ccc(-c5cc(-c6ccccn6)nc(-c6ccccn6)c5)c5cccnc45)nc23)cc1. The van der Waals surface area contributed by atoms with Crippen LogP contribution < -0.4 is 0 Å². The van der Waals surface area contributed by atoms with E-state index in [0.29, 0.717) is 0 Å². The standard InChI is InChI=1S/C46H28N6/c1-2-11-29(12-3-1)43-34-13-4-5-15-37(34)52-46-36(43)20-18-30-19-23-38(51-44(30)46)35-22-21-32(33-14-10-26-49-45(33)35)31-27-41(39-16-6-8-24-47-39)50-42(28-31)40-17-7-9-25-48-40/h1-28H. The van der Waals surface area contributed by atoms with E-state index in [1.165, 1.54) is 5.56 Å². The van der Waals surface area contributed by atoms with Gasteiger partial charge in [0.05, 0.1) is 50.5 Å². The van der Waals surface area contributed by atoms with Gasteiger partial charge >= 0.3 is 0 Å². The predicted molar refractivity (Wildman–Crippen MR) is 210 cm³/mol. The average molecular weight is 665 g/mol. The molecular formula is C46H28N6. The Balaban J connectivity index is 1.17. The van der Waals surface area contributed by atoms with E-state index < -0.39 is 0 Å². The number of rotatable bonds is 5. The van der Waals surface area contributed by atoms with Gasteiger partial charge in [0.15, 0.2) is 0 Å². The highest BCUT2D eigenvalue weighted by Gasteiger charge is 2.18. The van der Waals surface area contributed by atoms with Gasteiger partial charge in [-0.15, -0.1) is 0 Å². The zero-order valence-electron chi connectivity index (χ0n) is 27.8. The third-order valence-corrected chi connectivity index (χ3v) is 9.61. The molecule has 0 N–H and O–H groups in total. The zero-order chi connectivity index (χ0) is 34.4. The summed E-state index contributed by atoms with van der Waals surface area (Å²) in [4.78, 5) is 29.7. The second-order valence-corrected chi connectivity index (χ2v) is 12.7. The molecule has 6 nitrogen and oxygen atoms in total. The second kappa shape index (κ2) is 12.3. The Morgan fingerprint density at radius 1 is 0.327 bits per heavy atom. The fraction of sp³-hybridized carbons (Fsp3) is 0. The molecule has 0 aliphatic heterocycles. The second-order valence-electron chi connectivity index (χ2n) is 12.7. The monoisotopic (exact) mass is 664 g/mol. The topological polar surface area (TPSA) is 77.3 Å². The number of hydrogen-bond acceptors (Lipinski definition) is 6. The van der Waals surface area contributed by atoms with Gasteiger partial charge in [0.25, 0.3) is 0 Å². The molecule has 4 aromatic carbocycles. The van der Waals surface area contributed by atoms with Crippen LogP contribution in [-0.4, -0.2) is 29.9 Å². The molecule has 10 aromatic rings. The Morgan fingerprint density at radius 2 is 1.00 bits per heavy atom. The van der Waals surface area contributed by atoms with Crippen LogP contribution >= 0.6 is 0 Å². The summed E-state index contributed by atoms with van der Waals surface area (Å²) in [6.45, 7) is 0. The maximum Gasteiger partial charge on any atom is 0.0978 e. The van der Waals surface area contributed by atoms with Crippen LogP contribution in [0.3, 0.4) is 0 Å². The third-order valence-electron chi connectivity index (χ3n) is 9.61. The Hall–Kier alpha value is -7.18. The molecule has 0 radical (unpaired) electrons. The predicted octanol–water partition coefficient (Wildman–Crippen LogP) is 11.0. The molecular weight excluding hydrogens is 637 g/mol. The van der Waals surface area contributed by atoms with Crippen molar-refractivity contribution in [3.8, 4) is 56.3 Å². The molecule has 10 rings (SSSR count). The van der Waals surface area contributed by atoms with Gasteiger partial charge in [-0.1, -0.05) is 91.0 Å². The minimum atomic E-state index is 0.776. The summed E-state index contributed by atoms with van der Waals surface area (Å²) >= 11 is 0. The van der Waals surface area contributed by atoms with Crippen molar-refractivity contribution < 1.29 is 0 Å². The number of benzene rings is 4. The molecule has 0 aliphatic rings. The van der Waals surface area contributed by atoms with Gasteiger partial charge in [0.2, 0.25) is 0 Å². The molecule has 0 bridgehead atoms.